The fraction of sp³-hybridized carbons (Fsp3) is 0.923. The number of aliphatic hydroxyl groups excluding tert-OH is 2. The van der Waals surface area contributed by atoms with Gasteiger partial charge < -0.3 is 20.4 Å². The number of halogens is 1. The van der Waals surface area contributed by atoms with Gasteiger partial charge >= 0.3 is 5.97 Å². The Morgan fingerprint density at radius 3 is 1.62 bits per heavy atom. The molecule has 0 aromatic carbocycles. The fourth-order valence-electron chi connectivity index (χ4n) is 3.91. The summed E-state index contributed by atoms with van der Waals surface area (Å²) >= 11 is 0. The van der Waals surface area contributed by atoms with Crippen molar-refractivity contribution in [3.63, 3.8) is 0 Å². The van der Waals surface area contributed by atoms with Crippen molar-refractivity contribution in [3.8, 4) is 0 Å². The molecule has 0 spiro atoms. The van der Waals surface area contributed by atoms with Gasteiger partial charge in [-0.25, -0.2) is 4.79 Å². The molecule has 34 heavy (non-hydrogen) atoms. The normalized spacial score (nSPS) is 10.8. The second kappa shape index (κ2) is 28.3. The number of amides is 1. The lowest BCUT2D eigenvalue weighted by Gasteiger charge is -2.14. The lowest BCUT2D eigenvalue weighted by molar-refractivity contribution is -0.151. The molecule has 0 rings (SSSR count). The summed E-state index contributed by atoms with van der Waals surface area (Å²) in [5.41, 5.74) is 2.56. The van der Waals surface area contributed by atoms with Crippen LogP contribution in [0, 0.1) is 5.92 Å². The summed E-state index contributed by atoms with van der Waals surface area (Å²) in [7, 11) is 0. The number of nitrogens with one attached hydrogen (secondary N) is 2. The standard InChI is InChI=1S/C26H52N2O5.ClH/c1-2-3-4-5-6-7-8-9-10-11-12-13-14-15-16-17-25(31)27-23-26(32)33-28-22-24(18-20-29)19-21-30;/h24,28-30H,2-23H2,1H3,(H,27,31);1H. The van der Waals surface area contributed by atoms with Crippen molar-refractivity contribution in [2.75, 3.05) is 26.3 Å². The van der Waals surface area contributed by atoms with Crippen LogP contribution in [-0.2, 0) is 14.4 Å². The summed E-state index contributed by atoms with van der Waals surface area (Å²) in [6.07, 6.45) is 20.9. The summed E-state index contributed by atoms with van der Waals surface area (Å²) < 4.78 is 0. The highest BCUT2D eigenvalue weighted by atomic mass is 35.5. The number of carbonyl (C=O) groups excluding carboxylic acids is 2. The molecule has 0 heterocycles. The van der Waals surface area contributed by atoms with Gasteiger partial charge in [0, 0.05) is 26.2 Å². The third kappa shape index (κ3) is 25.7. The molecule has 4 N–H and O–H groups in total. The van der Waals surface area contributed by atoms with Crippen molar-refractivity contribution in [3.05, 3.63) is 0 Å². The minimum absolute atomic E-state index is 0. The van der Waals surface area contributed by atoms with Crippen molar-refractivity contribution >= 4 is 24.3 Å². The van der Waals surface area contributed by atoms with E-state index in [0.717, 1.165) is 12.8 Å². The van der Waals surface area contributed by atoms with Gasteiger partial charge in [0.05, 0.1) is 0 Å². The van der Waals surface area contributed by atoms with Crippen LogP contribution in [0.4, 0.5) is 0 Å². The van der Waals surface area contributed by atoms with E-state index in [0.29, 0.717) is 25.8 Å². The van der Waals surface area contributed by atoms with Gasteiger partial charge in [-0.05, 0) is 25.2 Å². The number of hydrogen-bond acceptors (Lipinski definition) is 6. The summed E-state index contributed by atoms with van der Waals surface area (Å²) in [5.74, 6) is -0.640. The molecule has 0 radical (unpaired) electrons. The molecule has 8 heteroatoms. The maximum atomic E-state index is 11.8. The van der Waals surface area contributed by atoms with Crippen molar-refractivity contribution in [1.82, 2.24) is 10.8 Å². The summed E-state index contributed by atoms with van der Waals surface area (Å²) in [6, 6.07) is 0. The number of hydrogen-bond donors (Lipinski definition) is 4. The SMILES string of the molecule is CCCCCCCCCCCCCCCCCC(=O)NCC(=O)ONCC(CCO)CCO.Cl. The van der Waals surface area contributed by atoms with Crippen LogP contribution in [0.25, 0.3) is 0 Å². The monoisotopic (exact) mass is 508 g/mol. The van der Waals surface area contributed by atoms with Gasteiger partial charge in [-0.15, -0.1) is 12.4 Å². The van der Waals surface area contributed by atoms with Crippen LogP contribution < -0.4 is 10.8 Å². The number of unbranched alkanes of at least 4 members (excludes halogenated alkanes) is 14. The first-order valence-corrected chi connectivity index (χ1v) is 13.5. The van der Waals surface area contributed by atoms with E-state index in [4.69, 9.17) is 15.1 Å². The molecule has 0 aromatic rings. The van der Waals surface area contributed by atoms with E-state index in [1.54, 1.807) is 0 Å². The molecular formula is C26H53ClN2O5. The Labute approximate surface area is 214 Å². The molecule has 1 amide bonds. The first-order chi connectivity index (χ1) is 16.1. The van der Waals surface area contributed by atoms with Gasteiger partial charge in [-0.3, -0.25) is 4.79 Å². The molecule has 0 unspecified atom stereocenters. The van der Waals surface area contributed by atoms with Crippen molar-refractivity contribution in [2.45, 2.75) is 122 Å². The maximum absolute atomic E-state index is 11.8. The highest BCUT2D eigenvalue weighted by molar-refractivity contribution is 5.85. The Morgan fingerprint density at radius 1 is 0.735 bits per heavy atom. The lowest BCUT2D eigenvalue weighted by atomic mass is 10.0. The van der Waals surface area contributed by atoms with Crippen molar-refractivity contribution in [1.29, 1.82) is 0 Å². The third-order valence-electron chi connectivity index (χ3n) is 6.07. The van der Waals surface area contributed by atoms with Crippen molar-refractivity contribution < 1.29 is 24.6 Å². The van der Waals surface area contributed by atoms with E-state index in [2.05, 4.69) is 17.7 Å². The van der Waals surface area contributed by atoms with Crippen LogP contribution in [0.15, 0.2) is 0 Å². The van der Waals surface area contributed by atoms with E-state index < -0.39 is 5.97 Å². The van der Waals surface area contributed by atoms with Crippen LogP contribution in [-0.4, -0.2) is 48.4 Å². The van der Waals surface area contributed by atoms with Gasteiger partial charge in [0.2, 0.25) is 5.91 Å². The van der Waals surface area contributed by atoms with Gasteiger partial charge in [-0.2, -0.15) is 5.48 Å². The van der Waals surface area contributed by atoms with Gasteiger partial charge in [-0.1, -0.05) is 96.8 Å². The van der Waals surface area contributed by atoms with Gasteiger partial charge in [0.15, 0.2) is 0 Å². The Kier molecular flexibility index (Phi) is 29.4. The molecule has 7 nitrogen and oxygen atoms in total. The summed E-state index contributed by atoms with van der Waals surface area (Å²) in [4.78, 5) is 28.4. The Hall–Kier alpha value is -0.890. The van der Waals surface area contributed by atoms with E-state index >= 15 is 0 Å². The van der Waals surface area contributed by atoms with E-state index in [9.17, 15) is 9.59 Å². The zero-order valence-electron chi connectivity index (χ0n) is 21.7. The fourth-order valence-corrected chi connectivity index (χ4v) is 3.91. The Morgan fingerprint density at radius 2 is 1.18 bits per heavy atom. The van der Waals surface area contributed by atoms with Gasteiger partial charge in [0.1, 0.15) is 6.54 Å². The van der Waals surface area contributed by atoms with Crippen LogP contribution in [0.1, 0.15) is 122 Å². The quantitative estimate of drug-likeness (QED) is 0.0994. The average molecular weight is 509 g/mol. The predicted molar refractivity (Wildman–Crippen MR) is 141 cm³/mol. The second-order valence-electron chi connectivity index (χ2n) is 9.19. The van der Waals surface area contributed by atoms with Crippen LogP contribution in [0.5, 0.6) is 0 Å². The molecule has 0 saturated carbocycles. The third-order valence-corrected chi connectivity index (χ3v) is 6.07. The second-order valence-corrected chi connectivity index (χ2v) is 9.19. The molecule has 0 aromatic heterocycles. The number of hydroxylamine groups is 1. The predicted octanol–water partition coefficient (Wildman–Crippen LogP) is 5.21. The molecule has 0 atom stereocenters. The van der Waals surface area contributed by atoms with Crippen LogP contribution >= 0.6 is 12.4 Å². The molecular weight excluding hydrogens is 456 g/mol. The van der Waals surface area contributed by atoms with E-state index in [1.165, 1.54) is 83.5 Å². The average Bonchev–Trinajstić information content (AvgIpc) is 2.80. The zero-order chi connectivity index (χ0) is 24.4. The Bertz CT molecular complexity index is 449. The molecule has 0 aliphatic carbocycles. The van der Waals surface area contributed by atoms with Crippen LogP contribution in [0.3, 0.4) is 0 Å². The minimum atomic E-state index is -0.549. The maximum Gasteiger partial charge on any atom is 0.344 e. The molecule has 0 saturated heterocycles. The van der Waals surface area contributed by atoms with Gasteiger partial charge in [0.25, 0.3) is 0 Å². The Balaban J connectivity index is 0. The largest absolute Gasteiger partial charge is 0.396 e. The van der Waals surface area contributed by atoms with E-state index in [1.807, 2.05) is 0 Å². The molecule has 204 valence electrons. The smallest absolute Gasteiger partial charge is 0.344 e. The molecule has 0 aliphatic rings. The summed E-state index contributed by atoms with van der Waals surface area (Å²) in [6.45, 7) is 2.51. The van der Waals surface area contributed by atoms with Crippen molar-refractivity contribution in [2.24, 2.45) is 5.92 Å². The molecule has 0 fully saturated rings. The number of rotatable bonds is 25. The van der Waals surface area contributed by atoms with E-state index in [-0.39, 0.29) is 44.0 Å². The topological polar surface area (TPSA) is 108 Å². The minimum Gasteiger partial charge on any atom is -0.396 e. The highest BCUT2D eigenvalue weighted by Gasteiger charge is 2.10. The van der Waals surface area contributed by atoms with Crippen LogP contribution in [0.2, 0.25) is 0 Å². The number of carbonyl (C=O) groups is 2. The highest BCUT2D eigenvalue weighted by Crippen LogP contribution is 2.13. The molecule has 0 bridgehead atoms. The lowest BCUT2D eigenvalue weighted by Crippen LogP contribution is -2.34. The summed E-state index contributed by atoms with van der Waals surface area (Å²) in [5, 5.41) is 20.5. The molecule has 0 aliphatic heterocycles. The zero-order valence-corrected chi connectivity index (χ0v) is 22.5. The number of aliphatic hydroxyl groups is 2. The first-order valence-electron chi connectivity index (χ1n) is 13.5. The first kappa shape index (κ1) is 35.3.